The molecule has 8 nitrogen and oxygen atoms in total. The second-order valence-corrected chi connectivity index (χ2v) is 8.74. The van der Waals surface area contributed by atoms with Crippen LogP contribution in [0.5, 0.6) is 0 Å². The van der Waals surface area contributed by atoms with Crippen molar-refractivity contribution in [3.63, 3.8) is 0 Å². The van der Waals surface area contributed by atoms with Gasteiger partial charge in [-0.05, 0) is 45.1 Å². The first kappa shape index (κ1) is 21.1. The number of sulfonamides is 1. The van der Waals surface area contributed by atoms with Crippen LogP contribution in [0.3, 0.4) is 0 Å². The maximum Gasteiger partial charge on any atom is 0.246 e. The van der Waals surface area contributed by atoms with Gasteiger partial charge in [0.25, 0.3) is 0 Å². The first-order valence-electron chi connectivity index (χ1n) is 9.04. The number of carbonyl (C=O) groups excluding carboxylic acids is 1. The van der Waals surface area contributed by atoms with Crippen LogP contribution < -0.4 is 10.6 Å². The maximum absolute atomic E-state index is 12.8. The van der Waals surface area contributed by atoms with E-state index in [1.54, 1.807) is 10.9 Å². The van der Waals surface area contributed by atoms with Gasteiger partial charge in [-0.25, -0.2) is 8.42 Å². The summed E-state index contributed by atoms with van der Waals surface area (Å²) in [6, 6.07) is -0.0942. The molecule has 2 saturated heterocycles. The van der Waals surface area contributed by atoms with E-state index in [2.05, 4.69) is 15.7 Å². The summed E-state index contributed by atoms with van der Waals surface area (Å²) >= 11 is 0. The van der Waals surface area contributed by atoms with E-state index in [1.807, 2.05) is 6.92 Å². The predicted octanol–water partition coefficient (Wildman–Crippen LogP) is 0.594. The number of hydrogen-bond acceptors (Lipinski definition) is 5. The fraction of sp³-hybridized carbons (Fsp3) is 0.750. The van der Waals surface area contributed by atoms with E-state index in [9.17, 15) is 13.2 Å². The lowest BCUT2D eigenvalue weighted by Gasteiger charge is -2.31. The minimum Gasteiger partial charge on any atom is -0.354 e. The highest BCUT2D eigenvalue weighted by Gasteiger charge is 2.31. The number of aryl methyl sites for hydroxylation is 1. The van der Waals surface area contributed by atoms with E-state index in [0.29, 0.717) is 26.2 Å². The van der Waals surface area contributed by atoms with Gasteiger partial charge in [-0.3, -0.25) is 9.48 Å². The average Bonchev–Trinajstić information content (AvgIpc) is 3.31. The summed E-state index contributed by atoms with van der Waals surface area (Å²) < 4.78 is 28.7. The molecule has 0 saturated carbocycles. The molecule has 1 amide bonds. The molecule has 3 rings (SSSR count). The van der Waals surface area contributed by atoms with Crippen molar-refractivity contribution in [1.82, 2.24) is 24.7 Å². The van der Waals surface area contributed by atoms with E-state index >= 15 is 0 Å². The Hall–Kier alpha value is -1.16. The highest BCUT2D eigenvalue weighted by molar-refractivity contribution is 7.89. The van der Waals surface area contributed by atoms with Gasteiger partial charge in [0.2, 0.25) is 15.9 Å². The SMILES string of the molecule is CCn1cc(S(=O)(=O)N2CCCC(CNC(=O)C3CCCN3)C2)cn1.Cl. The van der Waals surface area contributed by atoms with Crippen molar-refractivity contribution in [3.05, 3.63) is 12.4 Å². The van der Waals surface area contributed by atoms with Crippen LogP contribution in [-0.4, -0.2) is 60.6 Å². The van der Waals surface area contributed by atoms with Crippen molar-refractivity contribution < 1.29 is 13.2 Å². The minimum absolute atomic E-state index is 0. The van der Waals surface area contributed by atoms with Crippen molar-refractivity contribution in [2.75, 3.05) is 26.2 Å². The molecule has 2 aliphatic rings. The number of hydrogen-bond donors (Lipinski definition) is 2. The van der Waals surface area contributed by atoms with Crippen LogP contribution in [0.2, 0.25) is 0 Å². The summed E-state index contributed by atoms with van der Waals surface area (Å²) in [4.78, 5) is 12.4. The largest absolute Gasteiger partial charge is 0.354 e. The Morgan fingerprint density at radius 3 is 2.85 bits per heavy atom. The molecule has 1 aromatic heterocycles. The minimum atomic E-state index is -3.51. The highest BCUT2D eigenvalue weighted by atomic mass is 35.5. The highest BCUT2D eigenvalue weighted by Crippen LogP contribution is 2.23. The Morgan fingerprint density at radius 1 is 1.38 bits per heavy atom. The molecule has 148 valence electrons. The van der Waals surface area contributed by atoms with E-state index in [1.165, 1.54) is 10.5 Å². The maximum atomic E-state index is 12.8. The van der Waals surface area contributed by atoms with Gasteiger partial charge in [0.15, 0.2) is 0 Å². The topological polar surface area (TPSA) is 96.3 Å². The summed E-state index contributed by atoms with van der Waals surface area (Å²) in [5, 5.41) is 10.2. The molecule has 2 unspecified atom stereocenters. The molecule has 0 aromatic carbocycles. The fourth-order valence-corrected chi connectivity index (χ4v) is 5.00. The lowest BCUT2D eigenvalue weighted by atomic mass is 9.99. The van der Waals surface area contributed by atoms with Gasteiger partial charge < -0.3 is 10.6 Å². The van der Waals surface area contributed by atoms with Crippen molar-refractivity contribution in [2.45, 2.75) is 50.1 Å². The zero-order chi connectivity index (χ0) is 17.9. The van der Waals surface area contributed by atoms with Gasteiger partial charge in [0, 0.05) is 32.4 Å². The molecule has 0 bridgehead atoms. The Kier molecular flexibility index (Phi) is 7.45. The van der Waals surface area contributed by atoms with Crippen molar-refractivity contribution >= 4 is 28.3 Å². The van der Waals surface area contributed by atoms with Gasteiger partial charge in [-0.2, -0.15) is 9.40 Å². The van der Waals surface area contributed by atoms with E-state index < -0.39 is 10.0 Å². The molecular formula is C16H28ClN5O3S. The molecule has 2 aliphatic heterocycles. The number of piperidine rings is 1. The van der Waals surface area contributed by atoms with E-state index in [4.69, 9.17) is 0 Å². The van der Waals surface area contributed by atoms with Crippen LogP contribution >= 0.6 is 12.4 Å². The van der Waals surface area contributed by atoms with Gasteiger partial charge in [-0.15, -0.1) is 12.4 Å². The third kappa shape index (κ3) is 4.76. The van der Waals surface area contributed by atoms with Crippen LogP contribution in [0, 0.1) is 5.92 Å². The molecule has 0 spiro atoms. The average molecular weight is 406 g/mol. The number of aromatic nitrogens is 2. The Morgan fingerprint density at radius 2 is 2.19 bits per heavy atom. The third-order valence-electron chi connectivity index (χ3n) is 4.99. The van der Waals surface area contributed by atoms with Crippen LogP contribution in [0.4, 0.5) is 0 Å². The standard InChI is InChI=1S/C16H27N5O3S.ClH/c1-2-20-12-14(10-19-20)25(23,24)21-8-4-5-13(11-21)9-18-16(22)15-6-3-7-17-15;/h10,12-13,15,17H,2-9,11H2,1H3,(H,18,22);1H. The smallest absolute Gasteiger partial charge is 0.246 e. The molecule has 10 heteroatoms. The van der Waals surface area contributed by atoms with Crippen LogP contribution in [0.1, 0.15) is 32.6 Å². The summed E-state index contributed by atoms with van der Waals surface area (Å²) in [5.41, 5.74) is 0. The first-order valence-corrected chi connectivity index (χ1v) is 10.5. The Labute approximate surface area is 161 Å². The van der Waals surface area contributed by atoms with Gasteiger partial charge >= 0.3 is 0 Å². The van der Waals surface area contributed by atoms with Crippen LogP contribution in [-0.2, 0) is 21.4 Å². The predicted molar refractivity (Wildman–Crippen MR) is 101 cm³/mol. The summed E-state index contributed by atoms with van der Waals surface area (Å²) in [7, 11) is -3.51. The quantitative estimate of drug-likeness (QED) is 0.722. The molecule has 1 aromatic rings. The molecule has 2 atom stereocenters. The lowest BCUT2D eigenvalue weighted by Crippen LogP contribution is -2.46. The number of halogens is 1. The first-order chi connectivity index (χ1) is 12.0. The fourth-order valence-electron chi connectivity index (χ4n) is 3.49. The lowest BCUT2D eigenvalue weighted by molar-refractivity contribution is -0.123. The molecule has 0 radical (unpaired) electrons. The van der Waals surface area contributed by atoms with Crippen molar-refractivity contribution in [2.24, 2.45) is 5.92 Å². The number of carbonyl (C=O) groups is 1. The zero-order valence-corrected chi connectivity index (χ0v) is 16.7. The molecule has 3 heterocycles. The molecule has 0 aliphatic carbocycles. The Bertz CT molecular complexity index is 702. The number of nitrogens with one attached hydrogen (secondary N) is 2. The van der Waals surface area contributed by atoms with Crippen molar-refractivity contribution in [1.29, 1.82) is 0 Å². The second-order valence-electron chi connectivity index (χ2n) is 6.80. The normalized spacial score (nSPS) is 24.2. The van der Waals surface area contributed by atoms with Crippen LogP contribution in [0.15, 0.2) is 17.3 Å². The molecule has 2 N–H and O–H groups in total. The number of nitrogens with zero attached hydrogens (tertiary/aromatic N) is 3. The summed E-state index contributed by atoms with van der Waals surface area (Å²) in [5.74, 6) is 0.178. The molecule has 2 fully saturated rings. The second kappa shape index (κ2) is 9.16. The van der Waals surface area contributed by atoms with Crippen LogP contribution in [0.25, 0.3) is 0 Å². The Balaban J connectivity index is 0.00000243. The zero-order valence-electron chi connectivity index (χ0n) is 15.1. The van der Waals surface area contributed by atoms with Gasteiger partial charge in [-0.1, -0.05) is 0 Å². The number of rotatable bonds is 6. The molecule has 26 heavy (non-hydrogen) atoms. The van der Waals surface area contributed by atoms with Crippen molar-refractivity contribution in [3.8, 4) is 0 Å². The van der Waals surface area contributed by atoms with Gasteiger partial charge in [0.05, 0.1) is 12.2 Å². The molecular weight excluding hydrogens is 378 g/mol. The summed E-state index contributed by atoms with van der Waals surface area (Å²) in [6.45, 7) is 4.93. The number of amides is 1. The third-order valence-corrected chi connectivity index (χ3v) is 6.81. The summed E-state index contributed by atoms with van der Waals surface area (Å²) in [6.07, 6.45) is 6.63. The van der Waals surface area contributed by atoms with E-state index in [-0.39, 0.29) is 35.2 Å². The monoisotopic (exact) mass is 405 g/mol. The van der Waals surface area contributed by atoms with E-state index in [0.717, 1.165) is 32.2 Å². The van der Waals surface area contributed by atoms with Gasteiger partial charge in [0.1, 0.15) is 4.90 Å².